The van der Waals surface area contributed by atoms with Crippen LogP contribution in [0.3, 0.4) is 0 Å². The second kappa shape index (κ2) is 6.20. The second-order valence-corrected chi connectivity index (χ2v) is 5.51. The molecule has 0 aromatic carbocycles. The van der Waals surface area contributed by atoms with Crippen LogP contribution in [0.1, 0.15) is 49.9 Å². The Kier molecular flexibility index (Phi) is 4.57. The zero-order chi connectivity index (χ0) is 14.6. The predicted molar refractivity (Wildman–Crippen MR) is 77.3 cm³/mol. The third kappa shape index (κ3) is 3.46. The van der Waals surface area contributed by atoms with Crippen molar-refractivity contribution in [2.75, 3.05) is 18.4 Å². The first-order chi connectivity index (χ1) is 9.60. The van der Waals surface area contributed by atoms with Crippen LogP contribution >= 0.6 is 0 Å². The zero-order valence-corrected chi connectivity index (χ0v) is 12.1. The second-order valence-electron chi connectivity index (χ2n) is 5.51. The molecule has 110 valence electrons. The predicted octanol–water partition coefficient (Wildman–Crippen LogP) is 2.96. The summed E-state index contributed by atoms with van der Waals surface area (Å²) in [6, 6.07) is 1.24. The van der Waals surface area contributed by atoms with Crippen molar-refractivity contribution in [1.82, 2.24) is 10.3 Å². The molecule has 1 aliphatic rings. The number of carbonyl (C=O) groups excluding carboxylic acids is 1. The lowest BCUT2D eigenvalue weighted by atomic mass is 10.0. The van der Waals surface area contributed by atoms with Gasteiger partial charge < -0.3 is 10.6 Å². The van der Waals surface area contributed by atoms with Gasteiger partial charge in [-0.25, -0.2) is 9.37 Å². The van der Waals surface area contributed by atoms with Crippen molar-refractivity contribution < 1.29 is 9.18 Å². The smallest absolute Gasteiger partial charge is 0.255 e. The van der Waals surface area contributed by atoms with Gasteiger partial charge >= 0.3 is 0 Å². The number of hydrogen-bond donors (Lipinski definition) is 2. The van der Waals surface area contributed by atoms with Crippen LogP contribution in [0.25, 0.3) is 0 Å². The number of amides is 1. The molecule has 0 spiro atoms. The molecule has 0 bridgehead atoms. The third-order valence-corrected chi connectivity index (χ3v) is 3.80. The molecule has 0 aliphatic heterocycles. The highest BCUT2D eigenvalue weighted by atomic mass is 19.1. The third-order valence-electron chi connectivity index (χ3n) is 3.80. The van der Waals surface area contributed by atoms with Gasteiger partial charge in [0.05, 0.1) is 11.8 Å². The standard InChI is InChI=1S/C15H22FN3O/c1-3-5-15(6-7-15)10-19-14(20)12-8-11(16)9-18-13(12)17-4-2/h8-9H,3-7,10H2,1-2H3,(H,17,18)(H,19,20). The van der Waals surface area contributed by atoms with Crippen molar-refractivity contribution >= 4 is 11.7 Å². The Morgan fingerprint density at radius 3 is 2.80 bits per heavy atom. The van der Waals surface area contributed by atoms with Gasteiger partial charge in [-0.15, -0.1) is 0 Å². The Hall–Kier alpha value is -1.65. The van der Waals surface area contributed by atoms with E-state index in [1.807, 2.05) is 6.92 Å². The van der Waals surface area contributed by atoms with Gasteiger partial charge in [0.2, 0.25) is 0 Å². The van der Waals surface area contributed by atoms with Gasteiger partial charge in [-0.2, -0.15) is 0 Å². The highest BCUT2D eigenvalue weighted by Gasteiger charge is 2.41. The molecular formula is C15H22FN3O. The van der Waals surface area contributed by atoms with Gasteiger partial charge in [0.15, 0.2) is 0 Å². The molecule has 1 aliphatic carbocycles. The van der Waals surface area contributed by atoms with E-state index in [-0.39, 0.29) is 16.9 Å². The molecule has 0 unspecified atom stereocenters. The van der Waals surface area contributed by atoms with Crippen molar-refractivity contribution in [3.63, 3.8) is 0 Å². The molecule has 20 heavy (non-hydrogen) atoms. The number of anilines is 1. The molecule has 2 N–H and O–H groups in total. The maximum Gasteiger partial charge on any atom is 0.255 e. The fourth-order valence-corrected chi connectivity index (χ4v) is 2.51. The first-order valence-electron chi connectivity index (χ1n) is 7.28. The number of aromatic nitrogens is 1. The van der Waals surface area contributed by atoms with Crippen LogP contribution in [0.4, 0.5) is 10.2 Å². The van der Waals surface area contributed by atoms with Gasteiger partial charge in [-0.05, 0) is 37.7 Å². The highest BCUT2D eigenvalue weighted by Crippen LogP contribution is 2.48. The minimum atomic E-state index is -0.494. The maximum absolute atomic E-state index is 13.3. The van der Waals surface area contributed by atoms with E-state index in [0.717, 1.165) is 19.0 Å². The van der Waals surface area contributed by atoms with Crippen LogP contribution in [-0.4, -0.2) is 24.0 Å². The van der Waals surface area contributed by atoms with Crippen LogP contribution in [0.2, 0.25) is 0 Å². The normalized spacial score (nSPS) is 15.8. The van der Waals surface area contributed by atoms with Gasteiger partial charge in [-0.3, -0.25) is 4.79 Å². The van der Waals surface area contributed by atoms with Crippen molar-refractivity contribution in [2.24, 2.45) is 5.41 Å². The lowest BCUT2D eigenvalue weighted by molar-refractivity contribution is 0.0944. The number of carbonyl (C=O) groups is 1. The van der Waals surface area contributed by atoms with Gasteiger partial charge in [0.1, 0.15) is 11.6 Å². The zero-order valence-electron chi connectivity index (χ0n) is 12.1. The van der Waals surface area contributed by atoms with Crippen LogP contribution in [0.15, 0.2) is 12.3 Å². The number of halogens is 1. The molecule has 4 nitrogen and oxygen atoms in total. The molecule has 2 rings (SSSR count). The molecule has 1 fully saturated rings. The summed E-state index contributed by atoms with van der Waals surface area (Å²) in [7, 11) is 0. The van der Waals surface area contributed by atoms with E-state index in [9.17, 15) is 9.18 Å². The number of pyridine rings is 1. The van der Waals surface area contributed by atoms with Crippen LogP contribution in [0.5, 0.6) is 0 Å². The summed E-state index contributed by atoms with van der Waals surface area (Å²) in [6.07, 6.45) is 5.72. The largest absolute Gasteiger partial charge is 0.370 e. The van der Waals surface area contributed by atoms with Crippen molar-refractivity contribution in [2.45, 2.75) is 39.5 Å². The average molecular weight is 279 g/mol. The van der Waals surface area contributed by atoms with Crippen LogP contribution in [-0.2, 0) is 0 Å². The lowest BCUT2D eigenvalue weighted by Crippen LogP contribution is -2.31. The van der Waals surface area contributed by atoms with E-state index in [2.05, 4.69) is 22.5 Å². The van der Waals surface area contributed by atoms with E-state index in [4.69, 9.17) is 0 Å². The summed E-state index contributed by atoms with van der Waals surface area (Å²) in [5.41, 5.74) is 0.558. The Morgan fingerprint density at radius 1 is 1.45 bits per heavy atom. The molecule has 5 heteroatoms. The fraction of sp³-hybridized carbons (Fsp3) is 0.600. The fourth-order valence-electron chi connectivity index (χ4n) is 2.51. The van der Waals surface area contributed by atoms with Crippen molar-refractivity contribution in [1.29, 1.82) is 0 Å². The average Bonchev–Trinajstić information content (AvgIpc) is 3.19. The number of nitrogens with one attached hydrogen (secondary N) is 2. The Labute approximate surface area is 119 Å². The van der Waals surface area contributed by atoms with Gasteiger partial charge in [0, 0.05) is 13.1 Å². The molecule has 1 heterocycles. The van der Waals surface area contributed by atoms with E-state index in [1.165, 1.54) is 18.9 Å². The van der Waals surface area contributed by atoms with Crippen LogP contribution < -0.4 is 10.6 Å². The quantitative estimate of drug-likeness (QED) is 0.807. The maximum atomic E-state index is 13.3. The Bertz CT molecular complexity index is 486. The van der Waals surface area contributed by atoms with Crippen molar-refractivity contribution in [3.8, 4) is 0 Å². The topological polar surface area (TPSA) is 54.0 Å². The minimum absolute atomic E-state index is 0.254. The molecule has 0 saturated heterocycles. The van der Waals surface area contributed by atoms with E-state index >= 15 is 0 Å². The van der Waals surface area contributed by atoms with Gasteiger partial charge in [-0.1, -0.05) is 13.3 Å². The molecule has 0 radical (unpaired) electrons. The molecular weight excluding hydrogens is 257 g/mol. The number of nitrogens with zero attached hydrogens (tertiary/aromatic N) is 1. The molecule has 1 aromatic heterocycles. The highest BCUT2D eigenvalue weighted by molar-refractivity contribution is 5.98. The van der Waals surface area contributed by atoms with E-state index < -0.39 is 5.82 Å². The number of hydrogen-bond acceptors (Lipinski definition) is 3. The summed E-state index contributed by atoms with van der Waals surface area (Å²) in [4.78, 5) is 16.2. The molecule has 1 saturated carbocycles. The summed E-state index contributed by atoms with van der Waals surface area (Å²) in [5, 5.41) is 5.91. The first kappa shape index (κ1) is 14.8. The van der Waals surface area contributed by atoms with Gasteiger partial charge in [0.25, 0.3) is 5.91 Å². The summed E-state index contributed by atoms with van der Waals surface area (Å²) < 4.78 is 13.3. The lowest BCUT2D eigenvalue weighted by Gasteiger charge is -2.16. The molecule has 1 aromatic rings. The summed E-state index contributed by atoms with van der Waals surface area (Å²) >= 11 is 0. The van der Waals surface area contributed by atoms with Crippen LogP contribution in [0, 0.1) is 11.2 Å². The SMILES string of the molecule is CCCC1(CNC(=O)c2cc(F)cnc2NCC)CC1. The Balaban J connectivity index is 2.03. The first-order valence-corrected chi connectivity index (χ1v) is 7.28. The molecule has 1 amide bonds. The molecule has 0 atom stereocenters. The van der Waals surface area contributed by atoms with E-state index in [1.54, 1.807) is 0 Å². The number of rotatable bonds is 7. The van der Waals surface area contributed by atoms with Crippen molar-refractivity contribution in [3.05, 3.63) is 23.6 Å². The van der Waals surface area contributed by atoms with E-state index in [0.29, 0.717) is 18.9 Å². The summed E-state index contributed by atoms with van der Waals surface area (Å²) in [6.45, 7) is 5.37. The summed E-state index contributed by atoms with van der Waals surface area (Å²) in [5.74, 6) is -0.312. The minimum Gasteiger partial charge on any atom is -0.370 e. The monoisotopic (exact) mass is 279 g/mol. The Morgan fingerprint density at radius 2 is 2.20 bits per heavy atom.